The number of oxazole rings is 1. The Labute approximate surface area is 143 Å². The fraction of sp³-hybridized carbons (Fsp3) is 0.706. The van der Waals surface area contributed by atoms with E-state index in [0.717, 1.165) is 55.8 Å². The minimum atomic E-state index is 0.490. The molecule has 0 radical (unpaired) electrons. The van der Waals surface area contributed by atoms with Crippen LogP contribution in [0.3, 0.4) is 0 Å². The summed E-state index contributed by atoms with van der Waals surface area (Å²) in [6, 6.07) is 0.490. The minimum absolute atomic E-state index is 0.490. The second-order valence-corrected chi connectivity index (χ2v) is 6.65. The molecule has 0 spiro atoms. The van der Waals surface area contributed by atoms with Gasteiger partial charge < -0.3 is 8.94 Å². The van der Waals surface area contributed by atoms with Crippen molar-refractivity contribution >= 4 is 0 Å². The van der Waals surface area contributed by atoms with Gasteiger partial charge in [-0.15, -0.1) is 0 Å². The summed E-state index contributed by atoms with van der Waals surface area (Å²) in [6.45, 7) is 9.56. The molecule has 7 heteroatoms. The highest BCUT2D eigenvalue weighted by Gasteiger charge is 2.25. The van der Waals surface area contributed by atoms with Crippen molar-refractivity contribution in [3.05, 3.63) is 29.1 Å². The largest absolute Gasteiger partial charge is 0.444 e. The fourth-order valence-electron chi connectivity index (χ4n) is 3.18. The molecule has 2 aromatic rings. The van der Waals surface area contributed by atoms with E-state index in [4.69, 9.17) is 8.94 Å². The van der Waals surface area contributed by atoms with Crippen LogP contribution in [0.15, 0.2) is 8.94 Å². The third-order valence-electron chi connectivity index (χ3n) is 4.74. The van der Waals surface area contributed by atoms with Gasteiger partial charge in [-0.25, -0.2) is 4.98 Å². The molecule has 0 bridgehead atoms. The van der Waals surface area contributed by atoms with Gasteiger partial charge in [0.05, 0.1) is 18.8 Å². The van der Waals surface area contributed by atoms with Crippen LogP contribution in [-0.2, 0) is 19.5 Å². The molecule has 0 amide bonds. The van der Waals surface area contributed by atoms with E-state index < -0.39 is 0 Å². The lowest BCUT2D eigenvalue weighted by atomic mass is 10.0. The molecule has 0 N–H and O–H groups in total. The average molecular weight is 333 g/mol. The van der Waals surface area contributed by atoms with Crippen molar-refractivity contribution in [1.82, 2.24) is 24.9 Å². The van der Waals surface area contributed by atoms with Crippen molar-refractivity contribution < 1.29 is 8.94 Å². The first-order valence-corrected chi connectivity index (χ1v) is 8.72. The maximum absolute atomic E-state index is 5.71. The zero-order valence-electron chi connectivity index (χ0n) is 15.1. The Morgan fingerprint density at radius 3 is 2.75 bits per heavy atom. The van der Waals surface area contributed by atoms with Crippen LogP contribution in [0.1, 0.15) is 48.8 Å². The van der Waals surface area contributed by atoms with E-state index in [-0.39, 0.29) is 0 Å². The van der Waals surface area contributed by atoms with E-state index in [0.29, 0.717) is 11.9 Å². The highest BCUT2D eigenvalue weighted by atomic mass is 16.5. The Balaban J connectivity index is 1.56. The molecule has 1 aliphatic rings. The first-order chi connectivity index (χ1) is 11.5. The Morgan fingerprint density at radius 1 is 1.25 bits per heavy atom. The maximum Gasteiger partial charge on any atom is 0.226 e. The smallest absolute Gasteiger partial charge is 0.226 e. The van der Waals surface area contributed by atoms with Gasteiger partial charge in [0.15, 0.2) is 5.82 Å². The summed E-state index contributed by atoms with van der Waals surface area (Å²) >= 11 is 0. The molecule has 1 fully saturated rings. The van der Waals surface area contributed by atoms with E-state index in [1.165, 1.54) is 12.8 Å². The maximum atomic E-state index is 5.71. The van der Waals surface area contributed by atoms with E-state index in [2.05, 4.69) is 32.0 Å². The van der Waals surface area contributed by atoms with Gasteiger partial charge >= 0.3 is 0 Å². The molecular weight excluding hydrogens is 306 g/mol. The van der Waals surface area contributed by atoms with E-state index >= 15 is 0 Å². The zero-order chi connectivity index (χ0) is 17.1. The first kappa shape index (κ1) is 17.1. The van der Waals surface area contributed by atoms with Crippen LogP contribution in [-0.4, -0.2) is 51.1 Å². The molecule has 0 saturated carbocycles. The summed E-state index contributed by atoms with van der Waals surface area (Å²) in [4.78, 5) is 13.6. The number of piperidine rings is 1. The molecule has 3 rings (SSSR count). The number of nitrogens with zero attached hydrogens (tertiary/aromatic N) is 5. The molecule has 132 valence electrons. The first-order valence-electron chi connectivity index (χ1n) is 8.72. The second-order valence-electron chi connectivity index (χ2n) is 6.65. The van der Waals surface area contributed by atoms with Crippen molar-refractivity contribution in [1.29, 1.82) is 0 Å². The van der Waals surface area contributed by atoms with E-state index in [1.54, 1.807) is 0 Å². The Morgan fingerprint density at radius 2 is 2.08 bits per heavy atom. The number of hydrogen-bond donors (Lipinski definition) is 0. The molecular formula is C17H27N5O2. The average Bonchev–Trinajstić information content (AvgIpc) is 3.14. The van der Waals surface area contributed by atoms with Crippen LogP contribution in [0.4, 0.5) is 0 Å². The van der Waals surface area contributed by atoms with Crippen LogP contribution in [0.2, 0.25) is 0 Å². The van der Waals surface area contributed by atoms with Gasteiger partial charge in [0.1, 0.15) is 5.76 Å². The minimum Gasteiger partial charge on any atom is -0.444 e. The summed E-state index contributed by atoms with van der Waals surface area (Å²) in [5.74, 6) is 3.21. The van der Waals surface area contributed by atoms with E-state index in [9.17, 15) is 0 Å². The summed E-state index contributed by atoms with van der Waals surface area (Å²) in [7, 11) is 2.15. The van der Waals surface area contributed by atoms with Gasteiger partial charge in [-0.3, -0.25) is 9.80 Å². The van der Waals surface area contributed by atoms with Gasteiger partial charge in [0.2, 0.25) is 11.8 Å². The molecule has 24 heavy (non-hydrogen) atoms. The van der Waals surface area contributed by atoms with Gasteiger partial charge in [-0.05, 0) is 40.3 Å². The summed E-state index contributed by atoms with van der Waals surface area (Å²) in [5, 5.41) is 4.06. The molecule has 1 saturated heterocycles. The topological polar surface area (TPSA) is 71.4 Å². The third kappa shape index (κ3) is 4.02. The fourth-order valence-corrected chi connectivity index (χ4v) is 3.18. The Kier molecular flexibility index (Phi) is 5.30. The van der Waals surface area contributed by atoms with Gasteiger partial charge in [0.25, 0.3) is 0 Å². The molecule has 0 aliphatic carbocycles. The van der Waals surface area contributed by atoms with Crippen molar-refractivity contribution in [2.24, 2.45) is 0 Å². The standard InChI is InChI=1S/C17H27N5O2/c1-5-16-19-15(20-24-16)10-22-8-6-7-14(9-22)21(4)11-17-18-12(2)13(3)23-17/h14H,5-11H2,1-4H3/t14-/m1/s1. The van der Waals surface area contributed by atoms with Gasteiger partial charge in [-0.2, -0.15) is 4.98 Å². The quantitative estimate of drug-likeness (QED) is 0.803. The molecule has 0 aromatic carbocycles. The molecule has 7 nitrogen and oxygen atoms in total. The normalized spacial score (nSPS) is 19.3. The number of aromatic nitrogens is 3. The summed E-state index contributed by atoms with van der Waals surface area (Å²) in [5.41, 5.74) is 0.979. The molecule has 0 unspecified atom stereocenters. The number of rotatable bonds is 6. The summed E-state index contributed by atoms with van der Waals surface area (Å²) in [6.07, 6.45) is 3.16. The predicted molar refractivity (Wildman–Crippen MR) is 89.4 cm³/mol. The van der Waals surface area contributed by atoms with Gasteiger partial charge in [0, 0.05) is 19.0 Å². The Bertz CT molecular complexity index is 646. The SMILES string of the molecule is CCc1nc(CN2CCC[C@@H](N(C)Cc3nc(C)c(C)o3)C2)no1. The van der Waals surface area contributed by atoms with Crippen molar-refractivity contribution in [2.75, 3.05) is 20.1 Å². The number of likely N-dealkylation sites (tertiary alicyclic amines) is 1. The lowest BCUT2D eigenvalue weighted by molar-refractivity contribution is 0.0987. The molecule has 1 atom stereocenters. The lowest BCUT2D eigenvalue weighted by Crippen LogP contribution is -2.45. The highest BCUT2D eigenvalue weighted by Crippen LogP contribution is 2.19. The number of aryl methyl sites for hydroxylation is 3. The lowest BCUT2D eigenvalue weighted by Gasteiger charge is -2.36. The molecule has 2 aromatic heterocycles. The van der Waals surface area contributed by atoms with Crippen molar-refractivity contribution in [2.45, 2.75) is 59.2 Å². The Hall–Kier alpha value is -1.73. The van der Waals surface area contributed by atoms with Crippen LogP contribution in [0.25, 0.3) is 0 Å². The van der Waals surface area contributed by atoms with Crippen LogP contribution >= 0.6 is 0 Å². The second kappa shape index (κ2) is 7.44. The van der Waals surface area contributed by atoms with E-state index in [1.807, 2.05) is 20.8 Å². The van der Waals surface area contributed by atoms with Crippen LogP contribution in [0, 0.1) is 13.8 Å². The number of hydrogen-bond acceptors (Lipinski definition) is 7. The predicted octanol–water partition coefficient (Wildman–Crippen LogP) is 2.33. The van der Waals surface area contributed by atoms with Crippen LogP contribution in [0.5, 0.6) is 0 Å². The summed E-state index contributed by atoms with van der Waals surface area (Å²) < 4.78 is 10.9. The third-order valence-corrected chi connectivity index (χ3v) is 4.74. The molecule has 1 aliphatic heterocycles. The monoisotopic (exact) mass is 333 g/mol. The van der Waals surface area contributed by atoms with Crippen molar-refractivity contribution in [3.63, 3.8) is 0 Å². The zero-order valence-corrected chi connectivity index (χ0v) is 15.1. The molecule has 3 heterocycles. The van der Waals surface area contributed by atoms with Crippen molar-refractivity contribution in [3.8, 4) is 0 Å². The van der Waals surface area contributed by atoms with Gasteiger partial charge in [-0.1, -0.05) is 12.1 Å². The highest BCUT2D eigenvalue weighted by molar-refractivity contribution is 5.05. The number of likely N-dealkylation sites (N-methyl/N-ethyl adjacent to an activating group) is 1. The van der Waals surface area contributed by atoms with Crippen LogP contribution < -0.4 is 0 Å².